The maximum Gasteiger partial charge on any atom is 0.242 e. The van der Waals surface area contributed by atoms with Crippen molar-refractivity contribution < 1.29 is 9.59 Å². The predicted octanol–water partition coefficient (Wildman–Crippen LogP) is 0.0269. The summed E-state index contributed by atoms with van der Waals surface area (Å²) in [6.07, 6.45) is 0. The Morgan fingerprint density at radius 2 is 2.00 bits per heavy atom. The first-order valence-corrected chi connectivity index (χ1v) is 6.49. The second-order valence-electron chi connectivity index (χ2n) is 4.79. The Bertz CT molecular complexity index is 443. The summed E-state index contributed by atoms with van der Waals surface area (Å²) in [6.45, 7) is 3.57. The summed E-state index contributed by atoms with van der Waals surface area (Å²) in [5.74, 6) is -0.213. The second-order valence-corrected chi connectivity index (χ2v) is 4.79. The lowest BCUT2D eigenvalue weighted by atomic mass is 10.0. The van der Waals surface area contributed by atoms with Gasteiger partial charge in [-0.2, -0.15) is 0 Å². The van der Waals surface area contributed by atoms with Crippen LogP contribution < -0.4 is 16.0 Å². The van der Waals surface area contributed by atoms with Gasteiger partial charge in [0.2, 0.25) is 11.8 Å². The molecule has 1 unspecified atom stereocenters. The molecule has 1 aliphatic rings. The Hall–Kier alpha value is -1.88. The monoisotopic (exact) mass is 261 g/mol. The SMILES string of the molecule is CC(NC(=O)C1CNC1)C(=O)NCc1ccccc1. The van der Waals surface area contributed by atoms with Gasteiger partial charge in [-0.3, -0.25) is 9.59 Å². The summed E-state index contributed by atoms with van der Waals surface area (Å²) in [6, 6.07) is 9.18. The summed E-state index contributed by atoms with van der Waals surface area (Å²) >= 11 is 0. The molecule has 102 valence electrons. The fourth-order valence-electron chi connectivity index (χ4n) is 1.81. The molecule has 19 heavy (non-hydrogen) atoms. The van der Waals surface area contributed by atoms with E-state index in [-0.39, 0.29) is 17.7 Å². The molecule has 0 aliphatic carbocycles. The molecule has 5 nitrogen and oxygen atoms in total. The number of benzene rings is 1. The van der Waals surface area contributed by atoms with Crippen molar-refractivity contribution in [2.75, 3.05) is 13.1 Å². The van der Waals surface area contributed by atoms with Gasteiger partial charge in [0.25, 0.3) is 0 Å². The largest absolute Gasteiger partial charge is 0.350 e. The summed E-state index contributed by atoms with van der Waals surface area (Å²) in [5.41, 5.74) is 1.04. The molecule has 0 spiro atoms. The third-order valence-corrected chi connectivity index (χ3v) is 3.21. The molecule has 0 bridgehead atoms. The van der Waals surface area contributed by atoms with Gasteiger partial charge in [-0.15, -0.1) is 0 Å². The van der Waals surface area contributed by atoms with E-state index in [1.165, 1.54) is 0 Å². The van der Waals surface area contributed by atoms with Crippen LogP contribution in [0.25, 0.3) is 0 Å². The highest BCUT2D eigenvalue weighted by molar-refractivity contribution is 5.88. The molecule has 1 heterocycles. The van der Waals surface area contributed by atoms with Crippen LogP contribution in [0.15, 0.2) is 30.3 Å². The molecule has 0 aromatic heterocycles. The van der Waals surface area contributed by atoms with Gasteiger partial charge in [-0.25, -0.2) is 0 Å². The Morgan fingerprint density at radius 3 is 2.58 bits per heavy atom. The van der Waals surface area contributed by atoms with Crippen LogP contribution in [0.4, 0.5) is 0 Å². The summed E-state index contributed by atoms with van der Waals surface area (Å²) in [7, 11) is 0. The Kier molecular flexibility index (Phi) is 4.52. The normalized spacial score (nSPS) is 16.3. The van der Waals surface area contributed by atoms with E-state index >= 15 is 0 Å². The van der Waals surface area contributed by atoms with Crippen LogP contribution in [0.2, 0.25) is 0 Å². The number of carbonyl (C=O) groups is 2. The topological polar surface area (TPSA) is 70.2 Å². The fraction of sp³-hybridized carbons (Fsp3) is 0.429. The van der Waals surface area contributed by atoms with E-state index in [2.05, 4.69) is 16.0 Å². The van der Waals surface area contributed by atoms with Crippen LogP contribution in [-0.4, -0.2) is 30.9 Å². The van der Waals surface area contributed by atoms with Gasteiger partial charge in [0.15, 0.2) is 0 Å². The van der Waals surface area contributed by atoms with Crippen molar-refractivity contribution in [2.45, 2.75) is 19.5 Å². The molecular weight excluding hydrogens is 242 g/mol. The number of amides is 2. The van der Waals surface area contributed by atoms with Gasteiger partial charge in [-0.05, 0) is 12.5 Å². The first-order chi connectivity index (χ1) is 9.16. The number of carbonyl (C=O) groups excluding carboxylic acids is 2. The lowest BCUT2D eigenvalue weighted by Crippen LogP contribution is -2.54. The predicted molar refractivity (Wildman–Crippen MR) is 72.3 cm³/mol. The fourth-order valence-corrected chi connectivity index (χ4v) is 1.81. The molecule has 0 radical (unpaired) electrons. The average molecular weight is 261 g/mol. The molecule has 1 aromatic carbocycles. The summed E-state index contributed by atoms with van der Waals surface area (Å²) in [4.78, 5) is 23.5. The van der Waals surface area contributed by atoms with Gasteiger partial charge >= 0.3 is 0 Å². The van der Waals surface area contributed by atoms with Crippen LogP contribution in [0, 0.1) is 5.92 Å². The zero-order chi connectivity index (χ0) is 13.7. The van der Waals surface area contributed by atoms with E-state index in [1.807, 2.05) is 30.3 Å². The lowest BCUT2D eigenvalue weighted by molar-refractivity contribution is -0.131. The quantitative estimate of drug-likeness (QED) is 0.700. The zero-order valence-corrected chi connectivity index (χ0v) is 11.0. The average Bonchev–Trinajstić information content (AvgIpc) is 2.34. The lowest BCUT2D eigenvalue weighted by Gasteiger charge is -2.27. The standard InChI is InChI=1S/C14H19N3O2/c1-10(17-14(19)12-8-15-9-12)13(18)16-7-11-5-3-2-4-6-11/h2-6,10,12,15H,7-9H2,1H3,(H,16,18)(H,17,19). The Balaban J connectivity index is 1.74. The second kappa shape index (κ2) is 6.33. The number of nitrogens with one attached hydrogen (secondary N) is 3. The highest BCUT2D eigenvalue weighted by Crippen LogP contribution is 2.03. The maximum absolute atomic E-state index is 11.8. The highest BCUT2D eigenvalue weighted by atomic mass is 16.2. The molecule has 0 saturated carbocycles. The third-order valence-electron chi connectivity index (χ3n) is 3.21. The van der Waals surface area contributed by atoms with Crippen LogP contribution in [0.3, 0.4) is 0 Å². The van der Waals surface area contributed by atoms with E-state index in [0.29, 0.717) is 19.6 Å². The minimum Gasteiger partial charge on any atom is -0.350 e. The van der Waals surface area contributed by atoms with Crippen molar-refractivity contribution in [1.82, 2.24) is 16.0 Å². The van der Waals surface area contributed by atoms with E-state index in [0.717, 1.165) is 5.56 Å². The molecule has 1 saturated heterocycles. The molecule has 1 aromatic rings. The summed E-state index contributed by atoms with van der Waals surface area (Å²) in [5, 5.41) is 8.57. The van der Waals surface area contributed by atoms with Gasteiger partial charge in [-0.1, -0.05) is 30.3 Å². The number of rotatable bonds is 5. The van der Waals surface area contributed by atoms with Crippen LogP contribution >= 0.6 is 0 Å². The van der Waals surface area contributed by atoms with Crippen molar-refractivity contribution >= 4 is 11.8 Å². The van der Waals surface area contributed by atoms with E-state index in [9.17, 15) is 9.59 Å². The Labute approximate surface area is 112 Å². The summed E-state index contributed by atoms with van der Waals surface area (Å²) < 4.78 is 0. The van der Waals surface area contributed by atoms with Crippen molar-refractivity contribution in [3.8, 4) is 0 Å². The van der Waals surface area contributed by atoms with Crippen LogP contribution in [0.5, 0.6) is 0 Å². The third kappa shape index (κ3) is 3.79. The van der Waals surface area contributed by atoms with Gasteiger partial charge in [0.1, 0.15) is 6.04 Å². The van der Waals surface area contributed by atoms with Crippen molar-refractivity contribution in [1.29, 1.82) is 0 Å². The van der Waals surface area contributed by atoms with E-state index in [1.54, 1.807) is 6.92 Å². The molecular formula is C14H19N3O2. The first-order valence-electron chi connectivity index (χ1n) is 6.49. The molecule has 1 aliphatic heterocycles. The molecule has 1 fully saturated rings. The number of hydrogen-bond donors (Lipinski definition) is 3. The highest BCUT2D eigenvalue weighted by Gasteiger charge is 2.27. The molecule has 1 atom stereocenters. The minimum absolute atomic E-state index is 0.00405. The maximum atomic E-state index is 11.8. The zero-order valence-electron chi connectivity index (χ0n) is 11.0. The van der Waals surface area contributed by atoms with Gasteiger partial charge in [0, 0.05) is 19.6 Å². The number of hydrogen-bond acceptors (Lipinski definition) is 3. The molecule has 3 N–H and O–H groups in total. The van der Waals surface area contributed by atoms with Crippen molar-refractivity contribution in [3.05, 3.63) is 35.9 Å². The van der Waals surface area contributed by atoms with Crippen molar-refractivity contribution in [2.24, 2.45) is 5.92 Å². The molecule has 5 heteroatoms. The smallest absolute Gasteiger partial charge is 0.242 e. The molecule has 2 rings (SSSR count). The van der Waals surface area contributed by atoms with Gasteiger partial charge < -0.3 is 16.0 Å². The van der Waals surface area contributed by atoms with Crippen LogP contribution in [-0.2, 0) is 16.1 Å². The molecule has 2 amide bonds. The van der Waals surface area contributed by atoms with E-state index < -0.39 is 6.04 Å². The minimum atomic E-state index is -0.503. The van der Waals surface area contributed by atoms with Gasteiger partial charge in [0.05, 0.1) is 5.92 Å². The van der Waals surface area contributed by atoms with E-state index in [4.69, 9.17) is 0 Å². The Morgan fingerprint density at radius 1 is 1.32 bits per heavy atom. The van der Waals surface area contributed by atoms with Crippen molar-refractivity contribution in [3.63, 3.8) is 0 Å². The first kappa shape index (κ1) is 13.5. The van der Waals surface area contributed by atoms with Crippen LogP contribution in [0.1, 0.15) is 12.5 Å².